The Morgan fingerprint density at radius 3 is 2.25 bits per heavy atom. The first kappa shape index (κ1) is 15.0. The zero-order valence-corrected chi connectivity index (χ0v) is 12.6. The van der Waals surface area contributed by atoms with Crippen molar-refractivity contribution in [2.24, 2.45) is 0 Å². The van der Waals surface area contributed by atoms with Crippen LogP contribution in [0.5, 0.6) is 0 Å². The summed E-state index contributed by atoms with van der Waals surface area (Å²) >= 11 is 5.93. The lowest BCUT2D eigenvalue weighted by Gasteiger charge is -2.23. The molecule has 2 nitrogen and oxygen atoms in total. The van der Waals surface area contributed by atoms with Crippen LogP contribution < -0.4 is 5.32 Å². The van der Waals surface area contributed by atoms with Gasteiger partial charge in [0.2, 0.25) is 0 Å². The third-order valence-corrected chi connectivity index (χ3v) is 3.61. The molecule has 0 saturated carbocycles. The van der Waals surface area contributed by atoms with E-state index in [0.29, 0.717) is 6.61 Å². The Morgan fingerprint density at radius 2 is 1.65 bits per heavy atom. The predicted molar refractivity (Wildman–Crippen MR) is 84.1 cm³/mol. The van der Waals surface area contributed by atoms with Gasteiger partial charge in [-0.05, 0) is 30.2 Å². The molecule has 2 atom stereocenters. The summed E-state index contributed by atoms with van der Waals surface area (Å²) in [5.41, 5.74) is 2.45. The maximum absolute atomic E-state index is 5.93. The van der Waals surface area contributed by atoms with E-state index in [9.17, 15) is 0 Å². The van der Waals surface area contributed by atoms with E-state index in [1.54, 1.807) is 7.11 Å². The van der Waals surface area contributed by atoms with Gasteiger partial charge in [0, 0.05) is 18.2 Å². The standard InChI is InChI=1S/C17H20ClNO/c1-13(14-8-10-16(18)11-9-14)19-17(12-20-2)15-6-4-3-5-7-15/h3-11,13,17,19H,12H2,1-2H3/t13-,17?/m1/s1. The number of rotatable bonds is 6. The number of hydrogen-bond acceptors (Lipinski definition) is 2. The highest BCUT2D eigenvalue weighted by atomic mass is 35.5. The summed E-state index contributed by atoms with van der Waals surface area (Å²) < 4.78 is 5.33. The molecule has 2 aromatic rings. The molecule has 0 aliphatic rings. The van der Waals surface area contributed by atoms with Crippen LogP contribution >= 0.6 is 11.6 Å². The number of ether oxygens (including phenoxy) is 1. The minimum atomic E-state index is 0.173. The molecule has 0 spiro atoms. The molecule has 1 N–H and O–H groups in total. The van der Waals surface area contributed by atoms with Crippen molar-refractivity contribution in [3.63, 3.8) is 0 Å². The minimum Gasteiger partial charge on any atom is -0.383 e. The molecule has 2 rings (SSSR count). The summed E-state index contributed by atoms with van der Waals surface area (Å²) in [4.78, 5) is 0. The van der Waals surface area contributed by atoms with E-state index >= 15 is 0 Å². The molecular formula is C17H20ClNO. The number of halogens is 1. The van der Waals surface area contributed by atoms with Crippen molar-refractivity contribution in [3.05, 3.63) is 70.7 Å². The normalized spacial score (nSPS) is 13.9. The molecule has 0 fully saturated rings. The van der Waals surface area contributed by atoms with Crippen molar-refractivity contribution in [2.45, 2.75) is 19.0 Å². The van der Waals surface area contributed by atoms with Crippen LogP contribution in [0.15, 0.2) is 54.6 Å². The van der Waals surface area contributed by atoms with E-state index in [1.165, 1.54) is 11.1 Å². The Hall–Kier alpha value is -1.35. The van der Waals surface area contributed by atoms with Gasteiger partial charge in [0.15, 0.2) is 0 Å². The van der Waals surface area contributed by atoms with Gasteiger partial charge in [-0.1, -0.05) is 54.1 Å². The van der Waals surface area contributed by atoms with Gasteiger partial charge in [-0.15, -0.1) is 0 Å². The van der Waals surface area contributed by atoms with Gasteiger partial charge in [-0.2, -0.15) is 0 Å². The van der Waals surface area contributed by atoms with Crippen molar-refractivity contribution in [1.82, 2.24) is 5.32 Å². The van der Waals surface area contributed by atoms with E-state index < -0.39 is 0 Å². The third kappa shape index (κ3) is 4.07. The highest BCUT2D eigenvalue weighted by Gasteiger charge is 2.15. The average molecular weight is 290 g/mol. The van der Waals surface area contributed by atoms with Gasteiger partial charge in [0.1, 0.15) is 0 Å². The van der Waals surface area contributed by atoms with Gasteiger partial charge in [-0.3, -0.25) is 0 Å². The fourth-order valence-electron chi connectivity index (χ4n) is 2.24. The van der Waals surface area contributed by atoms with Crippen LogP contribution in [0.4, 0.5) is 0 Å². The second-order valence-electron chi connectivity index (χ2n) is 4.86. The second-order valence-corrected chi connectivity index (χ2v) is 5.29. The van der Waals surface area contributed by atoms with Gasteiger partial charge in [-0.25, -0.2) is 0 Å². The smallest absolute Gasteiger partial charge is 0.0657 e. The minimum absolute atomic E-state index is 0.173. The Balaban J connectivity index is 2.10. The molecule has 0 saturated heterocycles. The molecule has 0 radical (unpaired) electrons. The Bertz CT molecular complexity index is 512. The molecule has 0 heterocycles. The monoisotopic (exact) mass is 289 g/mol. The van der Waals surface area contributed by atoms with Crippen LogP contribution in [0.1, 0.15) is 30.1 Å². The number of hydrogen-bond donors (Lipinski definition) is 1. The van der Waals surface area contributed by atoms with Crippen LogP contribution in [0.3, 0.4) is 0 Å². The highest BCUT2D eigenvalue weighted by molar-refractivity contribution is 6.30. The molecule has 0 bridgehead atoms. The summed E-state index contributed by atoms with van der Waals surface area (Å²) in [6, 6.07) is 18.7. The predicted octanol–water partition coefficient (Wildman–Crippen LogP) is 4.38. The molecule has 1 unspecified atom stereocenters. The van der Waals surface area contributed by atoms with E-state index in [-0.39, 0.29) is 12.1 Å². The first-order valence-corrected chi connectivity index (χ1v) is 7.14. The summed E-state index contributed by atoms with van der Waals surface area (Å²) in [6.45, 7) is 2.79. The molecule has 2 aromatic carbocycles. The average Bonchev–Trinajstić information content (AvgIpc) is 2.48. The number of nitrogens with one attached hydrogen (secondary N) is 1. The Kier molecular flexibility index (Phi) is 5.60. The molecule has 0 aromatic heterocycles. The SMILES string of the molecule is COCC(N[C@H](C)c1ccc(Cl)cc1)c1ccccc1. The van der Waals surface area contributed by atoms with E-state index in [4.69, 9.17) is 16.3 Å². The second kappa shape index (κ2) is 7.44. The van der Waals surface area contributed by atoms with Crippen LogP contribution in [0.25, 0.3) is 0 Å². The summed E-state index contributed by atoms with van der Waals surface area (Å²) in [7, 11) is 1.73. The van der Waals surface area contributed by atoms with Crippen LogP contribution in [0.2, 0.25) is 5.02 Å². The number of benzene rings is 2. The largest absolute Gasteiger partial charge is 0.383 e. The van der Waals surface area contributed by atoms with Crippen molar-refractivity contribution < 1.29 is 4.74 Å². The zero-order chi connectivity index (χ0) is 14.4. The van der Waals surface area contributed by atoms with Gasteiger partial charge in [0.05, 0.1) is 12.6 Å². The summed E-state index contributed by atoms with van der Waals surface area (Å²) in [5, 5.41) is 4.36. The highest BCUT2D eigenvalue weighted by Crippen LogP contribution is 2.21. The molecule has 0 aliphatic heterocycles. The van der Waals surface area contributed by atoms with Crippen molar-refractivity contribution in [1.29, 1.82) is 0 Å². The lowest BCUT2D eigenvalue weighted by atomic mass is 10.0. The van der Waals surface area contributed by atoms with E-state index in [0.717, 1.165) is 5.02 Å². The maximum Gasteiger partial charge on any atom is 0.0657 e. The fourth-order valence-corrected chi connectivity index (χ4v) is 2.37. The van der Waals surface area contributed by atoms with Gasteiger partial charge < -0.3 is 10.1 Å². The Labute approximate surface area is 125 Å². The summed E-state index contributed by atoms with van der Waals surface area (Å²) in [6.07, 6.45) is 0. The van der Waals surface area contributed by atoms with Crippen LogP contribution in [-0.2, 0) is 4.74 Å². The first-order valence-electron chi connectivity index (χ1n) is 6.76. The van der Waals surface area contributed by atoms with E-state index in [1.807, 2.05) is 30.3 Å². The summed E-state index contributed by atoms with van der Waals surface area (Å²) in [5.74, 6) is 0. The Morgan fingerprint density at radius 1 is 1.00 bits per heavy atom. The molecule has 106 valence electrons. The maximum atomic E-state index is 5.93. The van der Waals surface area contributed by atoms with Crippen LogP contribution in [-0.4, -0.2) is 13.7 Å². The molecule has 3 heteroatoms. The van der Waals surface area contributed by atoms with Crippen LogP contribution in [0, 0.1) is 0 Å². The quantitative estimate of drug-likeness (QED) is 0.852. The zero-order valence-electron chi connectivity index (χ0n) is 11.8. The first-order chi connectivity index (χ1) is 9.70. The van der Waals surface area contributed by atoms with Crippen molar-refractivity contribution in [2.75, 3.05) is 13.7 Å². The topological polar surface area (TPSA) is 21.3 Å². The van der Waals surface area contributed by atoms with Crippen molar-refractivity contribution >= 4 is 11.6 Å². The lowest BCUT2D eigenvalue weighted by molar-refractivity contribution is 0.162. The number of methoxy groups -OCH3 is 1. The molecular weight excluding hydrogens is 270 g/mol. The lowest BCUT2D eigenvalue weighted by Crippen LogP contribution is -2.28. The van der Waals surface area contributed by atoms with Gasteiger partial charge in [0.25, 0.3) is 0 Å². The molecule has 0 amide bonds. The molecule has 0 aliphatic carbocycles. The van der Waals surface area contributed by atoms with Crippen molar-refractivity contribution in [3.8, 4) is 0 Å². The fraction of sp³-hybridized carbons (Fsp3) is 0.294. The third-order valence-electron chi connectivity index (χ3n) is 3.36. The van der Waals surface area contributed by atoms with E-state index in [2.05, 4.69) is 36.5 Å². The molecule has 20 heavy (non-hydrogen) atoms. The van der Waals surface area contributed by atoms with Gasteiger partial charge >= 0.3 is 0 Å².